The summed E-state index contributed by atoms with van der Waals surface area (Å²) in [5.41, 5.74) is -0.263. The van der Waals surface area contributed by atoms with Crippen LogP contribution in [0.4, 0.5) is 19.4 Å². The van der Waals surface area contributed by atoms with Gasteiger partial charge in [-0.2, -0.15) is 9.97 Å². The van der Waals surface area contributed by atoms with Crippen LogP contribution in [0.5, 0.6) is 6.01 Å². The van der Waals surface area contributed by atoms with Gasteiger partial charge in [-0.1, -0.05) is 37.1 Å². The Balaban J connectivity index is 1.60. The fourth-order valence-corrected chi connectivity index (χ4v) is 5.35. The Kier molecular flexibility index (Phi) is 7.15. The largest absolute Gasteiger partial charge is 0.467 e. The van der Waals surface area contributed by atoms with Gasteiger partial charge in [0.25, 0.3) is 0 Å². The third kappa shape index (κ3) is 5.08. The smallest absolute Gasteiger partial charge is 0.410 e. The van der Waals surface area contributed by atoms with Crippen LogP contribution in [-0.4, -0.2) is 64.8 Å². The van der Waals surface area contributed by atoms with Crippen LogP contribution in [0, 0.1) is 29.9 Å². The first kappa shape index (κ1) is 28.0. The van der Waals surface area contributed by atoms with E-state index in [1.807, 2.05) is 39.6 Å². The summed E-state index contributed by atoms with van der Waals surface area (Å²) >= 11 is 0. The lowest BCUT2D eigenvalue weighted by Gasteiger charge is -2.29. The first-order valence-electron chi connectivity index (χ1n) is 13.2. The number of anilines is 1. The van der Waals surface area contributed by atoms with Crippen LogP contribution in [0.25, 0.3) is 32.9 Å². The molecule has 2 aromatic heterocycles. The number of amides is 1. The summed E-state index contributed by atoms with van der Waals surface area (Å²) in [7, 11) is 3.24. The van der Waals surface area contributed by atoms with E-state index in [1.165, 1.54) is 19.4 Å². The molecule has 2 atom stereocenters. The van der Waals surface area contributed by atoms with Crippen molar-refractivity contribution >= 4 is 33.6 Å². The third-order valence-corrected chi connectivity index (χ3v) is 7.28. The van der Waals surface area contributed by atoms with Gasteiger partial charge in [0.1, 0.15) is 28.4 Å². The van der Waals surface area contributed by atoms with Gasteiger partial charge in [0.15, 0.2) is 5.82 Å². The molecule has 5 rings (SSSR count). The Labute approximate surface area is 237 Å². The summed E-state index contributed by atoms with van der Waals surface area (Å²) in [6, 6.07) is 7.87. The molecular weight excluding hydrogens is 528 g/mol. The zero-order valence-electron chi connectivity index (χ0n) is 23.8. The van der Waals surface area contributed by atoms with Gasteiger partial charge in [-0.3, -0.25) is 4.98 Å². The number of ether oxygens (including phenoxy) is 2. The molecule has 8 nitrogen and oxygen atoms in total. The number of methoxy groups -OCH3 is 1. The molecule has 10 heteroatoms. The van der Waals surface area contributed by atoms with Gasteiger partial charge in [0.2, 0.25) is 0 Å². The minimum Gasteiger partial charge on any atom is -0.467 e. The molecule has 0 N–H and O–H groups in total. The number of likely N-dealkylation sites (tertiary alicyclic amines) is 1. The molecule has 0 spiro atoms. The van der Waals surface area contributed by atoms with Crippen molar-refractivity contribution in [1.29, 1.82) is 0 Å². The summed E-state index contributed by atoms with van der Waals surface area (Å²) in [4.78, 5) is 29.6. The van der Waals surface area contributed by atoms with E-state index in [-0.39, 0.29) is 40.8 Å². The first-order valence-corrected chi connectivity index (χ1v) is 13.2. The molecule has 0 radical (unpaired) electrons. The summed E-state index contributed by atoms with van der Waals surface area (Å²) in [5.74, 6) is 1.57. The lowest BCUT2D eigenvalue weighted by Crippen LogP contribution is -2.40. The Hall–Kier alpha value is -4.52. The molecule has 1 aliphatic heterocycles. The topological polar surface area (TPSA) is 80.7 Å². The van der Waals surface area contributed by atoms with Crippen molar-refractivity contribution < 1.29 is 23.0 Å². The van der Waals surface area contributed by atoms with Crippen LogP contribution in [0.3, 0.4) is 0 Å². The maximum atomic E-state index is 16.3. The Morgan fingerprint density at radius 1 is 1.17 bits per heavy atom. The number of aromatic nitrogens is 3. The molecule has 2 aromatic carbocycles. The van der Waals surface area contributed by atoms with Crippen molar-refractivity contribution in [1.82, 2.24) is 19.9 Å². The molecule has 1 fully saturated rings. The zero-order valence-corrected chi connectivity index (χ0v) is 23.8. The summed E-state index contributed by atoms with van der Waals surface area (Å²) in [6.45, 7) is 8.40. The number of likely N-dealkylation sites (N-methyl/N-ethyl adjacent to an activating group) is 1. The Morgan fingerprint density at radius 3 is 2.61 bits per heavy atom. The number of carbonyl (C=O) groups is 1. The van der Waals surface area contributed by atoms with Crippen LogP contribution in [0.1, 0.15) is 33.3 Å². The Morgan fingerprint density at radius 2 is 1.93 bits per heavy atom. The molecule has 1 aliphatic rings. The van der Waals surface area contributed by atoms with E-state index in [4.69, 9.17) is 15.9 Å². The van der Waals surface area contributed by atoms with Crippen molar-refractivity contribution in [2.75, 3.05) is 32.1 Å². The summed E-state index contributed by atoms with van der Waals surface area (Å²) < 4.78 is 41.8. The second kappa shape index (κ2) is 10.5. The number of benzene rings is 2. The van der Waals surface area contributed by atoms with E-state index in [0.29, 0.717) is 40.6 Å². The maximum absolute atomic E-state index is 16.3. The SMILES string of the molecule is C#Cc1c(F)ccc2cccc(-c3ncc4c(N(C)C5CN(C(=O)OC(C)(C)C)C[C@@H]5C)nc(OC)nc4c3F)c12. The van der Waals surface area contributed by atoms with Crippen LogP contribution >= 0.6 is 0 Å². The van der Waals surface area contributed by atoms with Gasteiger partial charge in [-0.05, 0) is 38.1 Å². The van der Waals surface area contributed by atoms with Crippen LogP contribution < -0.4 is 9.64 Å². The summed E-state index contributed by atoms with van der Waals surface area (Å²) in [6.07, 6.45) is 6.74. The fraction of sp³-hybridized carbons (Fsp3) is 0.355. The van der Waals surface area contributed by atoms with Crippen molar-refractivity contribution in [3.63, 3.8) is 0 Å². The molecular formula is C31H31F2N5O3. The first-order chi connectivity index (χ1) is 19.4. The van der Waals surface area contributed by atoms with Gasteiger partial charge in [0.05, 0.1) is 24.1 Å². The number of fused-ring (bicyclic) bond motifs is 2. The number of rotatable bonds is 4. The quantitative estimate of drug-likeness (QED) is 0.292. The van der Waals surface area contributed by atoms with Crippen LogP contribution in [0.15, 0.2) is 36.5 Å². The fourth-order valence-electron chi connectivity index (χ4n) is 5.35. The summed E-state index contributed by atoms with van der Waals surface area (Å²) in [5, 5.41) is 1.41. The maximum Gasteiger partial charge on any atom is 0.410 e. The molecule has 212 valence electrons. The second-order valence-electron chi connectivity index (χ2n) is 11.2. The van der Waals surface area contributed by atoms with Crippen molar-refractivity contribution in [3.8, 4) is 29.6 Å². The lowest BCUT2D eigenvalue weighted by atomic mass is 9.96. The van der Waals surface area contributed by atoms with Gasteiger partial charge in [-0.15, -0.1) is 6.42 Å². The standard InChI is InChI=1S/C31H31F2N5O3/c1-8-19-22(32)13-12-18-10-9-11-20(24(18)19)26-25(33)27-21(14-34-26)28(36-29(35-27)40-7)37(6)23-16-38(15-17(23)2)30(39)41-31(3,4)5/h1,9-14,17,23H,15-16H2,2-7H3/t17-,23?/m0/s1. The lowest BCUT2D eigenvalue weighted by molar-refractivity contribution is 0.0287. The molecule has 0 saturated carbocycles. The van der Waals surface area contributed by atoms with Crippen LogP contribution in [-0.2, 0) is 4.74 Å². The number of pyridine rings is 1. The number of terminal acetylenes is 1. The van der Waals surface area contributed by atoms with Gasteiger partial charge in [-0.25, -0.2) is 13.6 Å². The zero-order chi connectivity index (χ0) is 29.6. The third-order valence-electron chi connectivity index (χ3n) is 7.28. The second-order valence-corrected chi connectivity index (χ2v) is 11.2. The van der Waals surface area contributed by atoms with E-state index in [1.54, 1.807) is 29.2 Å². The monoisotopic (exact) mass is 559 g/mol. The molecule has 1 saturated heterocycles. The van der Waals surface area contributed by atoms with E-state index in [9.17, 15) is 9.18 Å². The number of nitrogens with zero attached hydrogens (tertiary/aromatic N) is 5. The highest BCUT2D eigenvalue weighted by Gasteiger charge is 2.38. The van der Waals surface area contributed by atoms with E-state index in [2.05, 4.69) is 20.9 Å². The van der Waals surface area contributed by atoms with E-state index < -0.39 is 17.2 Å². The van der Waals surface area contributed by atoms with Crippen molar-refractivity contribution in [3.05, 3.63) is 53.7 Å². The number of halogens is 2. The molecule has 41 heavy (non-hydrogen) atoms. The van der Waals surface area contributed by atoms with Gasteiger partial charge >= 0.3 is 12.1 Å². The van der Waals surface area contributed by atoms with Gasteiger partial charge < -0.3 is 19.3 Å². The van der Waals surface area contributed by atoms with E-state index in [0.717, 1.165) is 0 Å². The highest BCUT2D eigenvalue weighted by Crippen LogP contribution is 2.37. The molecule has 0 bridgehead atoms. The van der Waals surface area contributed by atoms with Crippen molar-refractivity contribution in [2.45, 2.75) is 39.3 Å². The van der Waals surface area contributed by atoms with Crippen LogP contribution in [0.2, 0.25) is 0 Å². The molecule has 1 unspecified atom stereocenters. The Bertz CT molecular complexity index is 1710. The number of hydrogen-bond donors (Lipinski definition) is 0. The molecule has 3 heterocycles. The predicted molar refractivity (Wildman–Crippen MR) is 154 cm³/mol. The molecule has 0 aliphatic carbocycles. The minimum absolute atomic E-state index is 0.00554. The molecule has 1 amide bonds. The average Bonchev–Trinajstić information content (AvgIpc) is 3.33. The predicted octanol–water partition coefficient (Wildman–Crippen LogP) is 5.80. The average molecular weight is 560 g/mol. The normalized spacial score (nSPS) is 17.1. The molecule has 4 aromatic rings. The van der Waals surface area contributed by atoms with Crippen molar-refractivity contribution in [2.24, 2.45) is 5.92 Å². The minimum atomic E-state index is -0.715. The number of carbonyl (C=O) groups excluding carboxylic acids is 1. The highest BCUT2D eigenvalue weighted by molar-refractivity contribution is 6.02. The van der Waals surface area contributed by atoms with Gasteiger partial charge in [0, 0.05) is 37.3 Å². The number of hydrogen-bond acceptors (Lipinski definition) is 7. The van der Waals surface area contributed by atoms with E-state index >= 15 is 4.39 Å². The highest BCUT2D eigenvalue weighted by atomic mass is 19.1.